The number of imide groups is 1. The van der Waals surface area contributed by atoms with Crippen LogP contribution in [0.3, 0.4) is 0 Å². The van der Waals surface area contributed by atoms with E-state index in [1.807, 2.05) is 20.8 Å². The van der Waals surface area contributed by atoms with Gasteiger partial charge in [0.1, 0.15) is 6.04 Å². The van der Waals surface area contributed by atoms with Crippen LogP contribution in [0, 0.1) is 5.92 Å². The third-order valence-electron chi connectivity index (χ3n) is 5.51. The van der Waals surface area contributed by atoms with Gasteiger partial charge in [0.15, 0.2) is 0 Å². The van der Waals surface area contributed by atoms with Gasteiger partial charge in [-0.05, 0) is 36.6 Å². The molecule has 1 unspecified atom stereocenters. The zero-order chi connectivity index (χ0) is 26.7. The van der Waals surface area contributed by atoms with Gasteiger partial charge in [-0.2, -0.15) is 0 Å². The van der Waals surface area contributed by atoms with Crippen LogP contribution < -0.4 is 5.32 Å². The molecule has 1 heterocycles. The van der Waals surface area contributed by atoms with Crippen molar-refractivity contribution in [3.63, 3.8) is 0 Å². The summed E-state index contributed by atoms with van der Waals surface area (Å²) in [6.07, 6.45) is 1.50. The summed E-state index contributed by atoms with van der Waals surface area (Å²) in [5, 5.41) is 2.02. The van der Waals surface area contributed by atoms with E-state index in [9.17, 15) is 19.2 Å². The van der Waals surface area contributed by atoms with Gasteiger partial charge in [-0.1, -0.05) is 80.0 Å². The van der Waals surface area contributed by atoms with Crippen LogP contribution in [0.2, 0.25) is 20.1 Å². The van der Waals surface area contributed by atoms with E-state index in [0.29, 0.717) is 24.3 Å². The molecule has 0 aromatic heterocycles. The van der Waals surface area contributed by atoms with Gasteiger partial charge in [0.2, 0.25) is 5.91 Å². The first-order chi connectivity index (χ1) is 17.0. The molecule has 0 saturated carbocycles. The van der Waals surface area contributed by atoms with E-state index in [1.54, 1.807) is 0 Å². The molecule has 0 aliphatic carbocycles. The second kappa shape index (κ2) is 11.8. The Labute approximate surface area is 229 Å². The molecule has 0 spiro atoms. The predicted molar refractivity (Wildman–Crippen MR) is 140 cm³/mol. The summed E-state index contributed by atoms with van der Waals surface area (Å²) in [6.45, 7) is 6.07. The molecule has 0 radical (unpaired) electrons. The smallest absolute Gasteiger partial charge is 0.338 e. The Balaban J connectivity index is 1.85. The van der Waals surface area contributed by atoms with E-state index in [2.05, 4.69) is 5.32 Å². The van der Waals surface area contributed by atoms with Crippen molar-refractivity contribution in [1.82, 2.24) is 4.90 Å². The highest BCUT2D eigenvalue weighted by Crippen LogP contribution is 2.45. The molecule has 3 rings (SSSR count). The number of hydrogen-bond acceptors (Lipinski definition) is 5. The minimum Gasteiger partial charge on any atom is -0.462 e. The maximum Gasteiger partial charge on any atom is 0.338 e. The number of anilines is 1. The first-order valence-corrected chi connectivity index (χ1v) is 12.8. The first-order valence-electron chi connectivity index (χ1n) is 11.3. The lowest BCUT2D eigenvalue weighted by molar-refractivity contribution is -0.120. The standard InChI is InChI=1S/C25H24Cl4N2O5/c1-4-5-6-15(22(32)30-14-9-7-13(8-10-14)25(35)36-11-12(2)3)31-23(33)16-17(24(31)34)19(27)21(29)20(28)18(16)26/h7-10,12,15H,4-6,11H2,1-3H3,(H,30,32). The number of ether oxygens (including phenoxy) is 1. The molecule has 0 fully saturated rings. The summed E-state index contributed by atoms with van der Waals surface area (Å²) in [5.41, 5.74) is 0.342. The van der Waals surface area contributed by atoms with Crippen molar-refractivity contribution in [2.45, 2.75) is 46.1 Å². The fraction of sp³-hybridized carbons (Fsp3) is 0.360. The Morgan fingerprint density at radius 2 is 1.44 bits per heavy atom. The summed E-state index contributed by atoms with van der Waals surface area (Å²) < 4.78 is 5.20. The molecule has 0 saturated heterocycles. The van der Waals surface area contributed by atoms with Gasteiger partial charge in [0.25, 0.3) is 11.8 Å². The lowest BCUT2D eigenvalue weighted by Gasteiger charge is -2.25. The van der Waals surface area contributed by atoms with E-state index in [4.69, 9.17) is 51.1 Å². The normalized spacial score (nSPS) is 13.7. The zero-order valence-corrected chi connectivity index (χ0v) is 22.8. The number of benzene rings is 2. The van der Waals surface area contributed by atoms with Crippen LogP contribution in [0.15, 0.2) is 24.3 Å². The van der Waals surface area contributed by atoms with Crippen LogP contribution in [-0.2, 0) is 9.53 Å². The number of amides is 3. The number of fused-ring (bicyclic) bond motifs is 1. The number of esters is 1. The number of unbranched alkanes of at least 4 members (excludes halogenated alkanes) is 1. The van der Waals surface area contributed by atoms with E-state index < -0.39 is 29.7 Å². The van der Waals surface area contributed by atoms with Crippen molar-refractivity contribution in [3.8, 4) is 0 Å². The fourth-order valence-corrected chi connectivity index (χ4v) is 4.68. The Bertz CT molecular complexity index is 1170. The number of halogens is 4. The molecule has 1 N–H and O–H groups in total. The maximum atomic E-state index is 13.3. The largest absolute Gasteiger partial charge is 0.462 e. The van der Waals surface area contributed by atoms with Gasteiger partial charge in [-0.3, -0.25) is 19.3 Å². The second-order valence-corrected chi connectivity index (χ2v) is 10.2. The number of hydrogen-bond donors (Lipinski definition) is 1. The quantitative estimate of drug-likeness (QED) is 0.152. The first kappa shape index (κ1) is 28.3. The third-order valence-corrected chi connectivity index (χ3v) is 7.32. The van der Waals surface area contributed by atoms with E-state index in [1.165, 1.54) is 24.3 Å². The number of carbonyl (C=O) groups is 4. The second-order valence-electron chi connectivity index (χ2n) is 8.70. The molecule has 192 valence electrons. The Morgan fingerprint density at radius 3 is 1.92 bits per heavy atom. The van der Waals surface area contributed by atoms with Crippen molar-refractivity contribution in [1.29, 1.82) is 0 Å². The van der Waals surface area contributed by atoms with Gasteiger partial charge in [0.05, 0.1) is 43.4 Å². The summed E-state index contributed by atoms with van der Waals surface area (Å²) in [7, 11) is 0. The van der Waals surface area contributed by atoms with Crippen molar-refractivity contribution in [2.75, 3.05) is 11.9 Å². The lowest BCUT2D eigenvalue weighted by atomic mass is 10.1. The zero-order valence-electron chi connectivity index (χ0n) is 19.8. The Morgan fingerprint density at radius 1 is 0.917 bits per heavy atom. The van der Waals surface area contributed by atoms with Crippen LogP contribution >= 0.6 is 46.4 Å². The van der Waals surface area contributed by atoms with Crippen LogP contribution in [0.1, 0.15) is 71.1 Å². The summed E-state index contributed by atoms with van der Waals surface area (Å²) in [5.74, 6) is -2.41. The van der Waals surface area contributed by atoms with Crippen molar-refractivity contribution >= 4 is 75.8 Å². The van der Waals surface area contributed by atoms with Crippen LogP contribution in [0.5, 0.6) is 0 Å². The van der Waals surface area contributed by atoms with Gasteiger partial charge >= 0.3 is 5.97 Å². The number of nitrogens with zero attached hydrogens (tertiary/aromatic N) is 1. The Kier molecular flexibility index (Phi) is 9.28. The topological polar surface area (TPSA) is 92.8 Å². The summed E-state index contributed by atoms with van der Waals surface area (Å²) >= 11 is 24.6. The van der Waals surface area contributed by atoms with Crippen molar-refractivity contribution in [3.05, 3.63) is 61.0 Å². The van der Waals surface area contributed by atoms with Gasteiger partial charge in [-0.25, -0.2) is 4.79 Å². The van der Waals surface area contributed by atoms with E-state index in [-0.39, 0.29) is 43.6 Å². The van der Waals surface area contributed by atoms with Gasteiger partial charge in [-0.15, -0.1) is 0 Å². The van der Waals surface area contributed by atoms with Gasteiger partial charge < -0.3 is 10.1 Å². The molecule has 11 heteroatoms. The molecule has 2 aromatic rings. The number of carbonyl (C=O) groups excluding carboxylic acids is 4. The highest BCUT2D eigenvalue weighted by atomic mass is 35.5. The number of nitrogens with one attached hydrogen (secondary N) is 1. The van der Waals surface area contributed by atoms with Crippen molar-refractivity contribution < 1.29 is 23.9 Å². The molecule has 7 nitrogen and oxygen atoms in total. The van der Waals surface area contributed by atoms with E-state index in [0.717, 1.165) is 11.3 Å². The highest BCUT2D eigenvalue weighted by molar-refractivity contribution is 6.55. The SMILES string of the molecule is CCCCC(C(=O)Nc1ccc(C(=O)OCC(C)C)cc1)N1C(=O)c2c(Cl)c(Cl)c(Cl)c(Cl)c2C1=O. The predicted octanol–water partition coefficient (Wildman–Crippen LogP) is 6.91. The molecule has 3 amide bonds. The van der Waals surface area contributed by atoms with E-state index >= 15 is 0 Å². The summed E-state index contributed by atoms with van der Waals surface area (Å²) in [6, 6.07) is 4.97. The average molecular weight is 574 g/mol. The molecule has 0 bridgehead atoms. The van der Waals surface area contributed by atoms with Crippen LogP contribution in [-0.4, -0.2) is 41.2 Å². The minimum atomic E-state index is -1.14. The highest BCUT2D eigenvalue weighted by Gasteiger charge is 2.46. The maximum absolute atomic E-state index is 13.3. The lowest BCUT2D eigenvalue weighted by Crippen LogP contribution is -2.47. The molecule has 1 aliphatic heterocycles. The summed E-state index contributed by atoms with van der Waals surface area (Å²) in [4.78, 5) is 52.8. The molecule has 1 atom stereocenters. The molecular weight excluding hydrogens is 550 g/mol. The third kappa shape index (κ3) is 5.65. The molecule has 36 heavy (non-hydrogen) atoms. The fourth-order valence-electron chi connectivity index (χ4n) is 3.67. The van der Waals surface area contributed by atoms with Crippen LogP contribution in [0.4, 0.5) is 5.69 Å². The molecule has 2 aromatic carbocycles. The minimum absolute atomic E-state index is 0.147. The number of rotatable bonds is 9. The Hall–Kier alpha value is -2.32. The molecular formula is C25H24Cl4N2O5. The van der Waals surface area contributed by atoms with Crippen molar-refractivity contribution in [2.24, 2.45) is 5.92 Å². The molecule has 1 aliphatic rings. The van der Waals surface area contributed by atoms with Gasteiger partial charge in [0, 0.05) is 5.69 Å². The monoisotopic (exact) mass is 572 g/mol. The van der Waals surface area contributed by atoms with Crippen LogP contribution in [0.25, 0.3) is 0 Å². The average Bonchev–Trinajstić information content (AvgIpc) is 3.10.